The molecule has 0 heterocycles. The first-order valence-corrected chi connectivity index (χ1v) is 7.93. The van der Waals surface area contributed by atoms with Gasteiger partial charge in [-0.05, 0) is 30.4 Å². The van der Waals surface area contributed by atoms with Crippen LogP contribution in [0.2, 0.25) is 0 Å². The van der Waals surface area contributed by atoms with Crippen molar-refractivity contribution < 1.29 is 10.2 Å². The van der Waals surface area contributed by atoms with Gasteiger partial charge in [0.2, 0.25) is 0 Å². The van der Waals surface area contributed by atoms with Crippen molar-refractivity contribution in [2.45, 2.75) is 33.1 Å². The number of hydrogen-bond donors (Lipinski definition) is 2. The molecule has 0 aliphatic heterocycles. The van der Waals surface area contributed by atoms with Crippen LogP contribution in [0.1, 0.15) is 32.3 Å². The molecule has 2 N–H and O–H groups in total. The number of benzene rings is 3. The molecule has 0 spiro atoms. The van der Waals surface area contributed by atoms with Gasteiger partial charge in [-0.3, -0.25) is 0 Å². The molecule has 0 aromatic heterocycles. The number of aromatic hydroxyl groups is 2. The summed E-state index contributed by atoms with van der Waals surface area (Å²) in [4.78, 5) is 0. The van der Waals surface area contributed by atoms with Crippen LogP contribution in [0.15, 0.2) is 42.5 Å². The minimum absolute atomic E-state index is 0.247. The normalized spacial score (nSPS) is 11.6. The van der Waals surface area contributed by atoms with Crippen LogP contribution in [-0.4, -0.2) is 10.2 Å². The van der Waals surface area contributed by atoms with E-state index in [1.807, 2.05) is 36.4 Å². The summed E-state index contributed by atoms with van der Waals surface area (Å²) in [7, 11) is 0. The Kier molecular flexibility index (Phi) is 3.93. The fraction of sp³-hybridized carbons (Fsp3) is 0.300. The van der Waals surface area contributed by atoms with E-state index in [0.717, 1.165) is 18.2 Å². The quantitative estimate of drug-likeness (QED) is 0.501. The topological polar surface area (TPSA) is 40.5 Å². The molecule has 0 bridgehead atoms. The molecule has 0 fully saturated rings. The van der Waals surface area contributed by atoms with Gasteiger partial charge in [0.15, 0.2) is 0 Å². The van der Waals surface area contributed by atoms with Gasteiger partial charge in [0.05, 0.1) is 0 Å². The third-order valence-electron chi connectivity index (χ3n) is 4.28. The van der Waals surface area contributed by atoms with Crippen LogP contribution in [0.4, 0.5) is 0 Å². The van der Waals surface area contributed by atoms with Crippen LogP contribution in [-0.2, 0) is 6.42 Å². The van der Waals surface area contributed by atoms with E-state index in [1.165, 1.54) is 12.0 Å². The van der Waals surface area contributed by atoms with Crippen molar-refractivity contribution >= 4 is 21.5 Å². The van der Waals surface area contributed by atoms with Gasteiger partial charge in [0, 0.05) is 21.5 Å². The minimum Gasteiger partial charge on any atom is -0.507 e. The zero-order chi connectivity index (χ0) is 15.7. The third-order valence-corrected chi connectivity index (χ3v) is 4.28. The first kappa shape index (κ1) is 14.7. The summed E-state index contributed by atoms with van der Waals surface area (Å²) >= 11 is 0. The van der Waals surface area contributed by atoms with Crippen LogP contribution in [0.3, 0.4) is 0 Å². The third kappa shape index (κ3) is 2.61. The van der Waals surface area contributed by atoms with Gasteiger partial charge in [0.25, 0.3) is 0 Å². The van der Waals surface area contributed by atoms with E-state index in [2.05, 4.69) is 19.9 Å². The van der Waals surface area contributed by atoms with Crippen molar-refractivity contribution in [1.29, 1.82) is 0 Å². The molecule has 2 heteroatoms. The van der Waals surface area contributed by atoms with Gasteiger partial charge in [-0.1, -0.05) is 56.7 Å². The number of phenolic OH excluding ortho intramolecular Hbond substituents is 2. The van der Waals surface area contributed by atoms with E-state index in [4.69, 9.17) is 0 Å². The molecule has 3 aromatic rings. The average Bonchev–Trinajstić information content (AvgIpc) is 2.52. The molecule has 0 saturated carbocycles. The highest BCUT2D eigenvalue weighted by Crippen LogP contribution is 2.41. The molecule has 114 valence electrons. The molecule has 0 radical (unpaired) electrons. The maximum absolute atomic E-state index is 10.6. The van der Waals surface area contributed by atoms with Crippen molar-refractivity contribution in [2.24, 2.45) is 5.92 Å². The summed E-state index contributed by atoms with van der Waals surface area (Å²) in [6.07, 6.45) is 3.34. The molecule has 0 unspecified atom stereocenters. The molecule has 0 atom stereocenters. The lowest BCUT2D eigenvalue weighted by atomic mass is 9.96. The number of phenols is 2. The Morgan fingerprint density at radius 3 is 2.05 bits per heavy atom. The van der Waals surface area contributed by atoms with Crippen molar-refractivity contribution in [1.82, 2.24) is 0 Å². The maximum Gasteiger partial charge on any atom is 0.131 e. The van der Waals surface area contributed by atoms with Crippen LogP contribution >= 0.6 is 0 Å². The van der Waals surface area contributed by atoms with E-state index in [9.17, 15) is 10.2 Å². The molecule has 2 nitrogen and oxygen atoms in total. The van der Waals surface area contributed by atoms with Gasteiger partial charge in [0.1, 0.15) is 11.5 Å². The Labute approximate surface area is 131 Å². The number of fused-ring (bicyclic) bond motifs is 2. The number of rotatable bonds is 4. The lowest BCUT2D eigenvalue weighted by molar-refractivity contribution is 0.478. The van der Waals surface area contributed by atoms with Crippen LogP contribution in [0.25, 0.3) is 21.5 Å². The van der Waals surface area contributed by atoms with Gasteiger partial charge in [-0.25, -0.2) is 0 Å². The molecule has 3 aromatic carbocycles. The first-order chi connectivity index (χ1) is 10.6. The summed E-state index contributed by atoms with van der Waals surface area (Å²) in [5.74, 6) is 1.22. The summed E-state index contributed by atoms with van der Waals surface area (Å²) in [6, 6.07) is 13.4. The largest absolute Gasteiger partial charge is 0.507 e. The average molecular weight is 294 g/mol. The molecular weight excluding hydrogens is 272 g/mol. The monoisotopic (exact) mass is 294 g/mol. The smallest absolute Gasteiger partial charge is 0.131 e. The zero-order valence-electron chi connectivity index (χ0n) is 13.1. The summed E-state index contributed by atoms with van der Waals surface area (Å²) in [5.41, 5.74) is 1.21. The predicted octanol–water partition coefficient (Wildman–Crippen LogP) is 5.38. The lowest BCUT2D eigenvalue weighted by Crippen LogP contribution is -1.91. The van der Waals surface area contributed by atoms with Crippen molar-refractivity contribution in [3.8, 4) is 11.5 Å². The first-order valence-electron chi connectivity index (χ1n) is 7.93. The highest BCUT2D eigenvalue weighted by Gasteiger charge is 2.12. The zero-order valence-corrected chi connectivity index (χ0v) is 13.1. The fourth-order valence-corrected chi connectivity index (χ4v) is 3.05. The van der Waals surface area contributed by atoms with Gasteiger partial charge >= 0.3 is 0 Å². The van der Waals surface area contributed by atoms with Crippen molar-refractivity contribution in [3.63, 3.8) is 0 Å². The molecule has 0 aliphatic rings. The molecule has 0 saturated heterocycles. The maximum atomic E-state index is 10.6. The van der Waals surface area contributed by atoms with Gasteiger partial charge in [-0.2, -0.15) is 0 Å². The van der Waals surface area contributed by atoms with Crippen LogP contribution in [0, 0.1) is 5.92 Å². The highest BCUT2D eigenvalue weighted by molar-refractivity contribution is 6.10. The summed E-state index contributed by atoms with van der Waals surface area (Å²) in [5, 5.41) is 23.9. The fourth-order valence-electron chi connectivity index (χ4n) is 3.05. The van der Waals surface area contributed by atoms with E-state index in [-0.39, 0.29) is 11.5 Å². The highest BCUT2D eigenvalue weighted by atomic mass is 16.3. The second kappa shape index (κ2) is 5.88. The summed E-state index contributed by atoms with van der Waals surface area (Å²) in [6.45, 7) is 4.47. The van der Waals surface area contributed by atoms with Gasteiger partial charge in [-0.15, -0.1) is 0 Å². The van der Waals surface area contributed by atoms with E-state index < -0.39 is 0 Å². The molecule has 3 rings (SSSR count). The molecule has 0 aliphatic carbocycles. The van der Waals surface area contributed by atoms with E-state index in [1.54, 1.807) is 0 Å². The Morgan fingerprint density at radius 1 is 0.818 bits per heavy atom. The van der Waals surface area contributed by atoms with E-state index >= 15 is 0 Å². The van der Waals surface area contributed by atoms with Crippen molar-refractivity contribution in [3.05, 3.63) is 48.0 Å². The minimum atomic E-state index is 0.247. The molecule has 22 heavy (non-hydrogen) atoms. The second-order valence-electron chi connectivity index (χ2n) is 6.41. The Morgan fingerprint density at radius 2 is 1.41 bits per heavy atom. The van der Waals surface area contributed by atoms with Crippen LogP contribution in [0.5, 0.6) is 11.5 Å². The number of hydrogen-bond acceptors (Lipinski definition) is 2. The Hall–Kier alpha value is -2.22. The molecular formula is C20H22O2. The summed E-state index contributed by atoms with van der Waals surface area (Å²) < 4.78 is 0. The Balaban J connectivity index is 2.08. The van der Waals surface area contributed by atoms with Crippen LogP contribution < -0.4 is 0 Å². The predicted molar refractivity (Wildman–Crippen MR) is 92.6 cm³/mol. The van der Waals surface area contributed by atoms with Crippen molar-refractivity contribution in [2.75, 3.05) is 0 Å². The lowest BCUT2D eigenvalue weighted by Gasteiger charge is -2.11. The van der Waals surface area contributed by atoms with Gasteiger partial charge < -0.3 is 10.2 Å². The standard InChI is InChI=1S/C20H22O2/c1-13(2)6-5-7-14-10-11-17-18(12-14)20(22)16-9-4-3-8-15(16)19(17)21/h3-4,8-13,21-22H,5-7H2,1-2H3. The SMILES string of the molecule is CC(C)CCCc1ccc2c(O)c3ccccc3c(O)c2c1. The number of aryl methyl sites for hydroxylation is 1. The second-order valence-corrected chi connectivity index (χ2v) is 6.41. The van der Waals surface area contributed by atoms with E-state index in [0.29, 0.717) is 22.1 Å². The Bertz CT molecular complexity index is 819. The molecule has 0 amide bonds.